The maximum absolute atomic E-state index is 9.00. The molecular weight excluding hydrogens is 140 g/mol. The zero-order valence-corrected chi connectivity index (χ0v) is 5.80. The van der Waals surface area contributed by atoms with Gasteiger partial charge in [0.2, 0.25) is 0 Å². The zero-order valence-electron chi connectivity index (χ0n) is 4.99. The van der Waals surface area contributed by atoms with Gasteiger partial charge in [-0.2, -0.15) is 0 Å². The van der Waals surface area contributed by atoms with Crippen molar-refractivity contribution in [3.63, 3.8) is 0 Å². The average Bonchev–Trinajstić information content (AvgIpc) is 1.88. The second-order valence-electron chi connectivity index (χ2n) is 2.07. The third-order valence-corrected chi connectivity index (χ3v) is 2.13. The highest BCUT2D eigenvalue weighted by Gasteiger charge is 2.20. The van der Waals surface area contributed by atoms with Gasteiger partial charge < -0.3 is 14.4 Å². The van der Waals surface area contributed by atoms with Crippen LogP contribution >= 0.6 is 12.0 Å². The van der Waals surface area contributed by atoms with E-state index in [0.717, 1.165) is 0 Å². The van der Waals surface area contributed by atoms with E-state index < -0.39 is 0 Å². The normalized spacial score (nSPS) is 36.7. The molecule has 0 saturated carbocycles. The molecule has 4 heteroatoms. The van der Waals surface area contributed by atoms with E-state index in [1.54, 1.807) is 0 Å². The van der Waals surface area contributed by atoms with Crippen LogP contribution in [0.5, 0.6) is 0 Å². The van der Waals surface area contributed by atoms with Crippen molar-refractivity contribution >= 4 is 12.0 Å². The Balaban J connectivity index is 2.23. The number of aliphatic hydroxyl groups is 2. The Kier molecular flexibility index (Phi) is 2.78. The summed E-state index contributed by atoms with van der Waals surface area (Å²) >= 11 is 1.23. The van der Waals surface area contributed by atoms with E-state index in [4.69, 9.17) is 14.4 Å². The van der Waals surface area contributed by atoms with Gasteiger partial charge in [0, 0.05) is 12.2 Å². The molecule has 2 atom stereocenters. The summed E-state index contributed by atoms with van der Waals surface area (Å²) in [6.45, 7) is 0.00403. The minimum atomic E-state index is -0.305. The summed E-state index contributed by atoms with van der Waals surface area (Å²) in [7, 11) is 0. The van der Waals surface area contributed by atoms with Crippen LogP contribution in [0, 0.1) is 0 Å². The highest BCUT2D eigenvalue weighted by atomic mass is 32.2. The lowest BCUT2D eigenvalue weighted by Gasteiger charge is -2.22. The summed E-state index contributed by atoms with van der Waals surface area (Å²) in [6.07, 6.45) is 0.0865. The fourth-order valence-corrected chi connectivity index (χ4v) is 1.43. The number of aliphatic hydroxyl groups excluding tert-OH is 2. The lowest BCUT2D eigenvalue weighted by atomic mass is 10.2. The Morgan fingerprint density at radius 2 is 2.44 bits per heavy atom. The molecule has 0 amide bonds. The van der Waals surface area contributed by atoms with Crippen molar-refractivity contribution in [1.82, 2.24) is 0 Å². The van der Waals surface area contributed by atoms with E-state index in [-0.39, 0.29) is 18.8 Å². The van der Waals surface area contributed by atoms with Crippen LogP contribution in [0.4, 0.5) is 0 Å². The first kappa shape index (κ1) is 7.34. The van der Waals surface area contributed by atoms with E-state index in [0.29, 0.717) is 12.2 Å². The summed E-state index contributed by atoms with van der Waals surface area (Å²) in [5.41, 5.74) is 0. The molecule has 1 aliphatic heterocycles. The Bertz CT molecular complexity index is 88.3. The molecule has 1 fully saturated rings. The van der Waals surface area contributed by atoms with Gasteiger partial charge in [-0.25, -0.2) is 0 Å². The third-order valence-electron chi connectivity index (χ3n) is 1.20. The van der Waals surface area contributed by atoms with Crippen molar-refractivity contribution in [1.29, 1.82) is 0 Å². The van der Waals surface area contributed by atoms with Crippen molar-refractivity contribution in [3.05, 3.63) is 0 Å². The topological polar surface area (TPSA) is 49.7 Å². The summed E-state index contributed by atoms with van der Waals surface area (Å²) in [6, 6.07) is 0. The van der Waals surface area contributed by atoms with Gasteiger partial charge in [0.15, 0.2) is 0 Å². The Labute approximate surface area is 58.2 Å². The van der Waals surface area contributed by atoms with E-state index in [1.807, 2.05) is 0 Å². The maximum Gasteiger partial charge on any atom is 0.0977 e. The maximum atomic E-state index is 9.00. The van der Waals surface area contributed by atoms with Crippen molar-refractivity contribution in [2.75, 3.05) is 12.4 Å². The second-order valence-corrected chi connectivity index (χ2v) is 2.84. The van der Waals surface area contributed by atoms with Crippen LogP contribution in [-0.4, -0.2) is 34.8 Å². The standard InChI is InChI=1S/C5H10O3S/c6-2-5-1-4(7)3-9-8-5/h4-7H,1-3H2. The second kappa shape index (κ2) is 3.41. The predicted molar refractivity (Wildman–Crippen MR) is 35.0 cm³/mol. The molecule has 0 radical (unpaired) electrons. The lowest BCUT2D eigenvalue weighted by molar-refractivity contribution is 0.0636. The zero-order chi connectivity index (χ0) is 6.69. The fourth-order valence-electron chi connectivity index (χ4n) is 0.730. The summed E-state index contributed by atoms with van der Waals surface area (Å²) in [5.74, 6) is 0.622. The highest BCUT2D eigenvalue weighted by molar-refractivity contribution is 7.94. The van der Waals surface area contributed by atoms with E-state index in [2.05, 4.69) is 0 Å². The van der Waals surface area contributed by atoms with Gasteiger partial charge in [0.25, 0.3) is 0 Å². The molecule has 1 heterocycles. The first-order valence-electron chi connectivity index (χ1n) is 2.90. The molecule has 2 unspecified atom stereocenters. The van der Waals surface area contributed by atoms with Gasteiger partial charge in [-0.3, -0.25) is 0 Å². The van der Waals surface area contributed by atoms with Crippen molar-refractivity contribution in [3.8, 4) is 0 Å². The molecule has 54 valence electrons. The molecule has 1 aliphatic rings. The minimum Gasteiger partial charge on any atom is -0.394 e. The third kappa shape index (κ3) is 2.14. The van der Waals surface area contributed by atoms with Gasteiger partial charge in [-0.15, -0.1) is 0 Å². The van der Waals surface area contributed by atoms with Crippen LogP contribution in [0.25, 0.3) is 0 Å². The van der Waals surface area contributed by atoms with Crippen LogP contribution in [0.3, 0.4) is 0 Å². The molecule has 0 aromatic heterocycles. The van der Waals surface area contributed by atoms with E-state index in [9.17, 15) is 0 Å². The molecule has 0 aliphatic carbocycles. The Hall–Kier alpha value is 0.230. The average molecular weight is 150 g/mol. The molecule has 0 spiro atoms. The Morgan fingerprint density at radius 3 is 2.89 bits per heavy atom. The minimum absolute atomic E-state index is 0.00403. The molecule has 9 heavy (non-hydrogen) atoms. The van der Waals surface area contributed by atoms with Gasteiger partial charge in [-0.1, -0.05) is 0 Å². The fraction of sp³-hybridized carbons (Fsp3) is 1.00. The smallest absolute Gasteiger partial charge is 0.0977 e. The van der Waals surface area contributed by atoms with Crippen molar-refractivity contribution < 1.29 is 14.4 Å². The molecule has 0 aromatic rings. The van der Waals surface area contributed by atoms with Gasteiger partial charge in [0.05, 0.1) is 18.8 Å². The predicted octanol–water partition coefficient (Wildman–Crippen LogP) is -0.223. The van der Waals surface area contributed by atoms with E-state index >= 15 is 0 Å². The SMILES string of the molecule is OCC1CC(O)CSO1. The summed E-state index contributed by atoms with van der Waals surface area (Å²) in [5, 5.41) is 17.6. The first-order valence-corrected chi connectivity index (χ1v) is 3.81. The number of hydrogen-bond donors (Lipinski definition) is 2. The quantitative estimate of drug-likeness (QED) is 0.507. The van der Waals surface area contributed by atoms with Gasteiger partial charge >= 0.3 is 0 Å². The molecular formula is C5H10O3S. The monoisotopic (exact) mass is 150 g/mol. The van der Waals surface area contributed by atoms with E-state index in [1.165, 1.54) is 12.0 Å². The molecule has 3 nitrogen and oxygen atoms in total. The first-order chi connectivity index (χ1) is 4.33. The number of rotatable bonds is 1. The van der Waals surface area contributed by atoms with Crippen LogP contribution in [-0.2, 0) is 4.18 Å². The number of hydrogen-bond acceptors (Lipinski definition) is 4. The lowest BCUT2D eigenvalue weighted by Crippen LogP contribution is -2.28. The van der Waals surface area contributed by atoms with Crippen LogP contribution in [0.1, 0.15) is 6.42 Å². The molecule has 0 aromatic carbocycles. The van der Waals surface area contributed by atoms with Crippen LogP contribution in [0.2, 0.25) is 0 Å². The molecule has 2 N–H and O–H groups in total. The molecule has 1 rings (SSSR count). The van der Waals surface area contributed by atoms with Crippen LogP contribution < -0.4 is 0 Å². The molecule has 0 bridgehead atoms. The summed E-state index contributed by atoms with van der Waals surface area (Å²) < 4.78 is 5.00. The largest absolute Gasteiger partial charge is 0.394 e. The van der Waals surface area contributed by atoms with Crippen LogP contribution in [0.15, 0.2) is 0 Å². The van der Waals surface area contributed by atoms with Gasteiger partial charge in [0.1, 0.15) is 0 Å². The highest BCUT2D eigenvalue weighted by Crippen LogP contribution is 2.20. The van der Waals surface area contributed by atoms with Gasteiger partial charge in [-0.05, 0) is 12.0 Å². The Morgan fingerprint density at radius 1 is 1.67 bits per heavy atom. The van der Waals surface area contributed by atoms with Crippen molar-refractivity contribution in [2.24, 2.45) is 0 Å². The van der Waals surface area contributed by atoms with Crippen molar-refractivity contribution in [2.45, 2.75) is 18.6 Å². The molecule has 1 saturated heterocycles. The summed E-state index contributed by atoms with van der Waals surface area (Å²) in [4.78, 5) is 0.